The van der Waals surface area contributed by atoms with Gasteiger partial charge in [0.2, 0.25) is 5.91 Å². The van der Waals surface area contributed by atoms with Crippen molar-refractivity contribution in [2.75, 3.05) is 18.5 Å². The molecule has 3 N–H and O–H groups in total. The number of hydrogen-bond acceptors (Lipinski definition) is 4. The van der Waals surface area contributed by atoms with Crippen molar-refractivity contribution in [3.63, 3.8) is 0 Å². The first-order valence-electron chi connectivity index (χ1n) is 7.24. The summed E-state index contributed by atoms with van der Waals surface area (Å²) in [4.78, 5) is 18.8. The lowest BCUT2D eigenvalue weighted by molar-refractivity contribution is -0.122. The van der Waals surface area contributed by atoms with E-state index in [4.69, 9.17) is 5.73 Å². The molecule has 1 unspecified atom stereocenters. The Hall–Kier alpha value is -1.62. The summed E-state index contributed by atoms with van der Waals surface area (Å²) in [5, 5.41) is 2.77. The molecule has 2 heterocycles. The molecular formula is C15H24N4O. The number of amides is 1. The van der Waals surface area contributed by atoms with Crippen LogP contribution in [0.3, 0.4) is 0 Å². The van der Waals surface area contributed by atoms with Crippen LogP contribution in [-0.4, -0.2) is 30.5 Å². The highest BCUT2D eigenvalue weighted by Gasteiger charge is 2.29. The molecule has 5 heteroatoms. The number of carbonyl (C=O) groups is 1. The lowest BCUT2D eigenvalue weighted by Gasteiger charge is -2.37. The Kier molecular flexibility index (Phi) is 4.60. The second kappa shape index (κ2) is 6.22. The minimum Gasteiger partial charge on any atom is -0.359 e. The van der Waals surface area contributed by atoms with Crippen molar-refractivity contribution < 1.29 is 4.79 Å². The summed E-state index contributed by atoms with van der Waals surface area (Å²) in [6.45, 7) is 5.31. The van der Waals surface area contributed by atoms with Gasteiger partial charge >= 0.3 is 0 Å². The number of nitrogens with zero attached hydrogens (tertiary/aromatic N) is 2. The second-order valence-electron chi connectivity index (χ2n) is 5.37. The molecule has 1 atom stereocenters. The van der Waals surface area contributed by atoms with Crippen LogP contribution in [0.15, 0.2) is 6.07 Å². The fourth-order valence-electron chi connectivity index (χ4n) is 3.00. The Bertz CT molecular complexity index is 501. The zero-order valence-corrected chi connectivity index (χ0v) is 12.6. The molecule has 20 heavy (non-hydrogen) atoms. The number of piperidine rings is 1. The molecule has 5 nitrogen and oxygen atoms in total. The minimum absolute atomic E-state index is 0.0831. The summed E-state index contributed by atoms with van der Waals surface area (Å²) in [5.74, 6) is 0.0831. The predicted molar refractivity (Wildman–Crippen MR) is 80.7 cm³/mol. The van der Waals surface area contributed by atoms with Crippen LogP contribution in [0, 0.1) is 13.8 Å². The number of pyridine rings is 1. The second-order valence-corrected chi connectivity index (χ2v) is 5.37. The van der Waals surface area contributed by atoms with Crippen LogP contribution in [-0.2, 0) is 11.3 Å². The number of hydrogen-bond donors (Lipinski definition) is 2. The van der Waals surface area contributed by atoms with Gasteiger partial charge < -0.3 is 16.0 Å². The predicted octanol–water partition coefficient (Wildman–Crippen LogP) is 1.26. The minimum atomic E-state index is -0.0970. The van der Waals surface area contributed by atoms with Crippen molar-refractivity contribution >= 4 is 11.6 Å². The Morgan fingerprint density at radius 2 is 2.25 bits per heavy atom. The van der Waals surface area contributed by atoms with E-state index in [1.165, 1.54) is 0 Å². The van der Waals surface area contributed by atoms with E-state index in [-0.39, 0.29) is 11.9 Å². The number of likely N-dealkylation sites (N-methyl/N-ethyl adjacent to an activating group) is 1. The lowest BCUT2D eigenvalue weighted by Crippen LogP contribution is -2.49. The molecule has 1 amide bonds. The summed E-state index contributed by atoms with van der Waals surface area (Å²) in [6.07, 6.45) is 3.09. The average molecular weight is 276 g/mol. The fraction of sp³-hybridized carbons (Fsp3) is 0.600. The number of nitrogens with two attached hydrogens (primary N) is 1. The third kappa shape index (κ3) is 2.77. The summed E-state index contributed by atoms with van der Waals surface area (Å²) >= 11 is 0. The van der Waals surface area contributed by atoms with Gasteiger partial charge in [-0.2, -0.15) is 0 Å². The van der Waals surface area contributed by atoms with E-state index >= 15 is 0 Å². The average Bonchev–Trinajstić information content (AvgIpc) is 2.45. The Balaban J connectivity index is 2.44. The highest BCUT2D eigenvalue weighted by atomic mass is 16.2. The van der Waals surface area contributed by atoms with E-state index in [1.54, 1.807) is 7.05 Å². The van der Waals surface area contributed by atoms with Crippen molar-refractivity contribution in [1.82, 2.24) is 10.3 Å². The Labute approximate surface area is 120 Å². The number of nitrogens with one attached hydrogen (secondary N) is 1. The number of carbonyl (C=O) groups excluding carboxylic acids is 1. The molecule has 0 aliphatic carbocycles. The van der Waals surface area contributed by atoms with E-state index in [0.29, 0.717) is 6.54 Å². The molecule has 1 aromatic heterocycles. The van der Waals surface area contributed by atoms with Crippen molar-refractivity contribution in [3.05, 3.63) is 23.0 Å². The van der Waals surface area contributed by atoms with Crippen molar-refractivity contribution in [2.45, 2.75) is 45.7 Å². The van der Waals surface area contributed by atoms with Gasteiger partial charge in [0.15, 0.2) is 0 Å². The smallest absolute Gasteiger partial charge is 0.242 e. The SMILES string of the molecule is CNC(=O)C1CCCCN1c1cc(C)nc(C)c1CN. The van der Waals surface area contributed by atoms with E-state index in [0.717, 1.165) is 48.4 Å². The standard InChI is InChI=1S/C15H24N4O/c1-10-8-14(12(9-16)11(2)18-10)19-7-5-4-6-13(19)15(20)17-3/h8,13H,4-7,9,16H2,1-3H3,(H,17,20). The molecule has 0 radical (unpaired) electrons. The molecule has 1 saturated heterocycles. The van der Waals surface area contributed by atoms with Gasteiger partial charge in [-0.25, -0.2) is 0 Å². The molecule has 1 fully saturated rings. The van der Waals surface area contributed by atoms with Crippen LogP contribution >= 0.6 is 0 Å². The molecule has 0 bridgehead atoms. The molecule has 1 aliphatic rings. The van der Waals surface area contributed by atoms with Crippen LogP contribution in [0.25, 0.3) is 0 Å². The van der Waals surface area contributed by atoms with E-state index in [9.17, 15) is 4.79 Å². The number of aromatic nitrogens is 1. The highest BCUT2D eigenvalue weighted by molar-refractivity contribution is 5.85. The van der Waals surface area contributed by atoms with Gasteiger partial charge in [-0.3, -0.25) is 9.78 Å². The maximum Gasteiger partial charge on any atom is 0.242 e. The van der Waals surface area contributed by atoms with Gasteiger partial charge in [-0.1, -0.05) is 0 Å². The summed E-state index contributed by atoms with van der Waals surface area (Å²) in [5.41, 5.74) is 9.95. The van der Waals surface area contributed by atoms with Crippen LogP contribution in [0.1, 0.15) is 36.2 Å². The zero-order chi connectivity index (χ0) is 14.7. The number of anilines is 1. The fourth-order valence-corrected chi connectivity index (χ4v) is 3.00. The van der Waals surface area contributed by atoms with Gasteiger partial charge in [-0.05, 0) is 39.2 Å². The monoisotopic (exact) mass is 276 g/mol. The van der Waals surface area contributed by atoms with Gasteiger partial charge in [0.05, 0.1) is 0 Å². The topological polar surface area (TPSA) is 71.2 Å². The first kappa shape index (κ1) is 14.8. The Morgan fingerprint density at radius 1 is 1.50 bits per heavy atom. The molecule has 1 aromatic rings. The molecule has 0 saturated carbocycles. The van der Waals surface area contributed by atoms with Crippen molar-refractivity contribution in [3.8, 4) is 0 Å². The molecule has 0 aromatic carbocycles. The molecule has 110 valence electrons. The van der Waals surface area contributed by atoms with Gasteiger partial charge in [-0.15, -0.1) is 0 Å². The van der Waals surface area contributed by atoms with Crippen molar-refractivity contribution in [2.24, 2.45) is 5.73 Å². The third-order valence-corrected chi connectivity index (χ3v) is 4.00. The maximum atomic E-state index is 12.1. The first-order valence-corrected chi connectivity index (χ1v) is 7.24. The van der Waals surface area contributed by atoms with Crippen LogP contribution in [0.5, 0.6) is 0 Å². The van der Waals surface area contributed by atoms with E-state index in [2.05, 4.69) is 21.3 Å². The molecule has 0 spiro atoms. The quantitative estimate of drug-likeness (QED) is 0.872. The molecule has 2 rings (SSSR count). The zero-order valence-electron chi connectivity index (χ0n) is 12.6. The largest absolute Gasteiger partial charge is 0.359 e. The number of rotatable bonds is 3. The maximum absolute atomic E-state index is 12.1. The summed E-state index contributed by atoms with van der Waals surface area (Å²) in [7, 11) is 1.70. The van der Waals surface area contributed by atoms with Gasteiger partial charge in [0.1, 0.15) is 6.04 Å². The summed E-state index contributed by atoms with van der Waals surface area (Å²) in [6, 6.07) is 1.96. The van der Waals surface area contributed by atoms with Gasteiger partial charge in [0, 0.05) is 42.8 Å². The normalized spacial score (nSPS) is 19.0. The van der Waals surface area contributed by atoms with Gasteiger partial charge in [0.25, 0.3) is 0 Å². The highest BCUT2D eigenvalue weighted by Crippen LogP contribution is 2.30. The van der Waals surface area contributed by atoms with Crippen molar-refractivity contribution in [1.29, 1.82) is 0 Å². The van der Waals surface area contributed by atoms with E-state index < -0.39 is 0 Å². The lowest BCUT2D eigenvalue weighted by atomic mass is 9.98. The van der Waals surface area contributed by atoms with Crippen LogP contribution < -0.4 is 16.0 Å². The van der Waals surface area contributed by atoms with Crippen LogP contribution in [0.2, 0.25) is 0 Å². The first-order chi connectivity index (χ1) is 9.58. The number of aryl methyl sites for hydroxylation is 2. The van der Waals surface area contributed by atoms with E-state index in [1.807, 2.05) is 13.8 Å². The Morgan fingerprint density at radius 3 is 2.90 bits per heavy atom. The van der Waals surface area contributed by atoms with Crippen LogP contribution in [0.4, 0.5) is 5.69 Å². The summed E-state index contributed by atoms with van der Waals surface area (Å²) < 4.78 is 0. The third-order valence-electron chi connectivity index (χ3n) is 4.00. The molecular weight excluding hydrogens is 252 g/mol. The molecule has 1 aliphatic heterocycles.